The van der Waals surface area contributed by atoms with Gasteiger partial charge >= 0.3 is 0 Å². The molecule has 0 saturated carbocycles. The molecule has 1 atom stereocenters. The molecule has 144 valence electrons. The number of aryl methyl sites for hydroxylation is 3. The first-order chi connectivity index (χ1) is 13.4. The molecule has 7 heteroatoms. The van der Waals surface area contributed by atoms with Crippen molar-refractivity contribution in [2.75, 3.05) is 11.1 Å². The molecule has 2 aromatic heterocycles. The molecule has 0 spiro atoms. The largest absolute Gasteiger partial charge is 0.394 e. The smallest absolute Gasteiger partial charge is 0.290 e. The summed E-state index contributed by atoms with van der Waals surface area (Å²) in [5.41, 5.74) is 9.48. The van der Waals surface area contributed by atoms with Crippen molar-refractivity contribution >= 4 is 28.6 Å². The summed E-state index contributed by atoms with van der Waals surface area (Å²) in [6.07, 6.45) is 3.28. The number of nitrogen functional groups attached to an aromatic ring is 1. The van der Waals surface area contributed by atoms with Gasteiger partial charge in [0.2, 0.25) is 5.91 Å². The van der Waals surface area contributed by atoms with Crippen LogP contribution in [0.5, 0.6) is 0 Å². The quantitative estimate of drug-likeness (QED) is 0.708. The van der Waals surface area contributed by atoms with Crippen LogP contribution in [0.15, 0.2) is 41.2 Å². The zero-order valence-electron chi connectivity index (χ0n) is 15.9. The van der Waals surface area contributed by atoms with Crippen LogP contribution < -0.4 is 16.6 Å². The summed E-state index contributed by atoms with van der Waals surface area (Å²) in [6, 6.07) is 10.7. The first-order valence-corrected chi connectivity index (χ1v) is 10.1. The van der Waals surface area contributed by atoms with E-state index >= 15 is 0 Å². The van der Waals surface area contributed by atoms with Crippen LogP contribution in [0, 0.1) is 6.92 Å². The molecule has 0 fully saturated rings. The number of hydrogen-bond donors (Lipinski definition) is 2. The lowest BCUT2D eigenvalue weighted by Gasteiger charge is -2.16. The van der Waals surface area contributed by atoms with Gasteiger partial charge in [-0.15, -0.1) is 11.3 Å². The van der Waals surface area contributed by atoms with Crippen molar-refractivity contribution in [3.63, 3.8) is 0 Å². The third kappa shape index (κ3) is 3.45. The average Bonchev–Trinajstić information content (AvgIpc) is 3.31. The average molecular weight is 395 g/mol. The van der Waals surface area contributed by atoms with Crippen LogP contribution >= 0.6 is 11.3 Å². The molecule has 1 amide bonds. The fourth-order valence-electron chi connectivity index (χ4n) is 3.49. The minimum atomic E-state index is -0.788. The van der Waals surface area contributed by atoms with Crippen molar-refractivity contribution in [1.82, 2.24) is 9.78 Å². The molecule has 0 radical (unpaired) electrons. The number of fused-ring (bicyclic) bond motifs is 1. The number of aromatic nitrogens is 2. The number of anilines is 2. The Balaban J connectivity index is 1.61. The van der Waals surface area contributed by atoms with Crippen molar-refractivity contribution in [3.8, 4) is 10.6 Å². The van der Waals surface area contributed by atoms with Gasteiger partial charge in [-0.1, -0.05) is 6.07 Å². The van der Waals surface area contributed by atoms with E-state index in [1.54, 1.807) is 24.3 Å². The van der Waals surface area contributed by atoms with Crippen LogP contribution in [-0.4, -0.2) is 15.7 Å². The Labute approximate surface area is 167 Å². The molecule has 6 nitrogen and oxygen atoms in total. The van der Waals surface area contributed by atoms with Gasteiger partial charge in [-0.05, 0) is 74.6 Å². The van der Waals surface area contributed by atoms with Crippen LogP contribution in [0.1, 0.15) is 35.4 Å². The van der Waals surface area contributed by atoms with Gasteiger partial charge in [-0.25, -0.2) is 4.68 Å². The molecular weight excluding hydrogens is 372 g/mol. The van der Waals surface area contributed by atoms with Crippen LogP contribution in [0.4, 0.5) is 11.4 Å². The van der Waals surface area contributed by atoms with E-state index < -0.39 is 11.6 Å². The molecule has 28 heavy (non-hydrogen) atoms. The monoisotopic (exact) mass is 394 g/mol. The number of carbonyl (C=O) groups excluding carboxylic acids is 1. The van der Waals surface area contributed by atoms with E-state index in [1.807, 2.05) is 31.2 Å². The second-order valence-electron chi connectivity index (χ2n) is 7.15. The van der Waals surface area contributed by atoms with Gasteiger partial charge < -0.3 is 11.1 Å². The van der Waals surface area contributed by atoms with Crippen LogP contribution in [0.2, 0.25) is 0 Å². The van der Waals surface area contributed by atoms with E-state index in [2.05, 4.69) is 16.5 Å². The number of hydrogen-bond acceptors (Lipinski definition) is 5. The molecule has 2 heterocycles. The molecule has 3 N–H and O–H groups in total. The summed E-state index contributed by atoms with van der Waals surface area (Å²) in [5.74, 6) is -0.300. The van der Waals surface area contributed by atoms with E-state index in [4.69, 9.17) is 5.73 Å². The fourth-order valence-corrected chi connectivity index (χ4v) is 4.32. The number of nitrogens with zero attached hydrogens (tertiary/aromatic N) is 2. The maximum absolute atomic E-state index is 12.8. The maximum Gasteiger partial charge on any atom is 0.290 e. The number of thiophene rings is 1. The molecule has 0 saturated heterocycles. The van der Waals surface area contributed by atoms with Crippen molar-refractivity contribution < 1.29 is 4.79 Å². The SMILES string of the molecule is Cc1ccc(-c2cc(N)c(=O)n([C@@H](C)C(=O)Nc3ccc4c(c3)CCC4)n2)s1. The second kappa shape index (κ2) is 7.24. The van der Waals surface area contributed by atoms with Crippen LogP contribution in [0.25, 0.3) is 10.6 Å². The predicted octanol–water partition coefficient (Wildman–Crippen LogP) is 3.55. The summed E-state index contributed by atoms with van der Waals surface area (Å²) < 4.78 is 1.17. The molecular formula is C21H22N4O2S. The molecule has 1 aromatic carbocycles. The Morgan fingerprint density at radius 2 is 2.00 bits per heavy atom. The topological polar surface area (TPSA) is 90.0 Å². The zero-order valence-corrected chi connectivity index (χ0v) is 16.7. The van der Waals surface area contributed by atoms with Crippen LogP contribution in [0.3, 0.4) is 0 Å². The number of nitrogens with two attached hydrogens (primary N) is 1. The van der Waals surface area contributed by atoms with Crippen molar-refractivity contribution in [2.45, 2.75) is 39.2 Å². The molecule has 0 aliphatic heterocycles. The number of carbonyl (C=O) groups is 1. The standard InChI is InChI=1S/C21H22N4O2S/c1-12-6-9-19(28-12)18-11-17(22)21(27)25(24-18)13(2)20(26)23-16-8-7-14-4-3-5-15(14)10-16/h6-11,13H,3-5,22H2,1-2H3,(H,23,26)/t13-/m0/s1. The van der Waals surface area contributed by atoms with Gasteiger partial charge in [0, 0.05) is 10.6 Å². The van der Waals surface area contributed by atoms with Crippen LogP contribution in [-0.2, 0) is 17.6 Å². The summed E-state index contributed by atoms with van der Waals surface area (Å²) in [7, 11) is 0. The zero-order chi connectivity index (χ0) is 19.8. The molecule has 3 aromatic rings. The van der Waals surface area contributed by atoms with E-state index in [-0.39, 0.29) is 11.6 Å². The highest BCUT2D eigenvalue weighted by atomic mass is 32.1. The first kappa shape index (κ1) is 18.4. The Kier molecular flexibility index (Phi) is 4.77. The molecule has 0 bridgehead atoms. The Morgan fingerprint density at radius 3 is 2.75 bits per heavy atom. The lowest BCUT2D eigenvalue weighted by atomic mass is 10.1. The van der Waals surface area contributed by atoms with Crippen molar-refractivity contribution in [3.05, 3.63) is 62.8 Å². The molecule has 4 rings (SSSR count). The highest BCUT2D eigenvalue weighted by Gasteiger charge is 2.21. The van der Waals surface area contributed by atoms with Gasteiger partial charge in [0.25, 0.3) is 5.56 Å². The second-order valence-corrected chi connectivity index (χ2v) is 8.44. The maximum atomic E-state index is 12.8. The summed E-state index contributed by atoms with van der Waals surface area (Å²) in [5, 5.41) is 7.31. The molecule has 1 aliphatic carbocycles. The minimum Gasteiger partial charge on any atom is -0.394 e. The number of rotatable bonds is 4. The van der Waals surface area contributed by atoms with Crippen molar-refractivity contribution in [2.24, 2.45) is 0 Å². The summed E-state index contributed by atoms with van der Waals surface area (Å²) in [4.78, 5) is 27.3. The predicted molar refractivity (Wildman–Crippen MR) is 113 cm³/mol. The first-order valence-electron chi connectivity index (χ1n) is 9.31. The highest BCUT2D eigenvalue weighted by molar-refractivity contribution is 7.15. The van der Waals surface area contributed by atoms with Gasteiger partial charge in [0.1, 0.15) is 17.4 Å². The highest BCUT2D eigenvalue weighted by Crippen LogP contribution is 2.27. The minimum absolute atomic E-state index is 0.0771. The third-order valence-corrected chi connectivity index (χ3v) is 6.09. The fraction of sp³-hybridized carbons (Fsp3) is 0.286. The summed E-state index contributed by atoms with van der Waals surface area (Å²) in [6.45, 7) is 3.65. The number of benzene rings is 1. The number of amides is 1. The Bertz CT molecular complexity index is 1120. The normalized spacial score (nSPS) is 13.9. The lowest BCUT2D eigenvalue weighted by molar-refractivity contribution is -0.119. The van der Waals surface area contributed by atoms with E-state index in [9.17, 15) is 9.59 Å². The third-order valence-electron chi connectivity index (χ3n) is 5.07. The van der Waals surface area contributed by atoms with E-state index in [0.717, 1.165) is 34.7 Å². The Morgan fingerprint density at radius 1 is 1.21 bits per heavy atom. The van der Waals surface area contributed by atoms with Gasteiger partial charge in [0.15, 0.2) is 0 Å². The Hall–Kier alpha value is -2.93. The number of nitrogens with one attached hydrogen (secondary N) is 1. The van der Waals surface area contributed by atoms with Gasteiger partial charge in [-0.2, -0.15) is 5.10 Å². The van der Waals surface area contributed by atoms with E-state index in [1.165, 1.54) is 15.8 Å². The summed E-state index contributed by atoms with van der Waals surface area (Å²) >= 11 is 1.56. The van der Waals surface area contributed by atoms with E-state index in [0.29, 0.717) is 5.69 Å². The lowest BCUT2D eigenvalue weighted by Crippen LogP contribution is -2.34. The van der Waals surface area contributed by atoms with Gasteiger partial charge in [0.05, 0.1) is 4.88 Å². The molecule has 0 unspecified atom stereocenters. The van der Waals surface area contributed by atoms with Gasteiger partial charge in [-0.3, -0.25) is 9.59 Å². The van der Waals surface area contributed by atoms with Crippen molar-refractivity contribution in [1.29, 1.82) is 0 Å². The molecule has 1 aliphatic rings.